The Kier molecular flexibility index (Phi) is 3.94. The predicted octanol–water partition coefficient (Wildman–Crippen LogP) is 2.17. The number of anilines is 3. The molecule has 0 spiro atoms. The van der Waals surface area contributed by atoms with Crippen LogP contribution in [0.3, 0.4) is 0 Å². The molecule has 9 heteroatoms. The van der Waals surface area contributed by atoms with E-state index in [1.807, 2.05) is 0 Å². The normalized spacial score (nSPS) is 10.3. The third kappa shape index (κ3) is 3.03. The zero-order valence-corrected chi connectivity index (χ0v) is 11.3. The van der Waals surface area contributed by atoms with Gasteiger partial charge in [0.1, 0.15) is 11.5 Å². The number of nitrogens with two attached hydrogens (primary N) is 1. The topological polar surface area (TPSA) is 119 Å². The Balaban J connectivity index is 2.48. The third-order valence-corrected chi connectivity index (χ3v) is 2.80. The van der Waals surface area contributed by atoms with Crippen molar-refractivity contribution in [2.45, 2.75) is 13.8 Å². The van der Waals surface area contributed by atoms with Crippen molar-refractivity contribution in [1.29, 1.82) is 0 Å². The van der Waals surface area contributed by atoms with Gasteiger partial charge in [-0.2, -0.15) is 4.98 Å². The van der Waals surface area contributed by atoms with Gasteiger partial charge in [-0.05, 0) is 31.5 Å². The summed E-state index contributed by atoms with van der Waals surface area (Å²) < 4.78 is 13.5. The molecule has 2 aromatic rings. The highest BCUT2D eigenvalue weighted by Crippen LogP contribution is 2.29. The highest BCUT2D eigenvalue weighted by atomic mass is 19.1. The molecule has 0 aliphatic carbocycles. The first-order chi connectivity index (χ1) is 9.92. The third-order valence-electron chi connectivity index (χ3n) is 2.80. The first-order valence-electron chi connectivity index (χ1n) is 5.95. The number of aromatic nitrogens is 2. The summed E-state index contributed by atoms with van der Waals surface area (Å²) in [5.74, 6) is 4.75. The largest absolute Gasteiger partial charge is 0.334 e. The van der Waals surface area contributed by atoms with Crippen LogP contribution in [0.2, 0.25) is 0 Å². The molecule has 1 heterocycles. The fraction of sp³-hybridized carbons (Fsp3) is 0.167. The maximum Gasteiger partial charge on any atom is 0.332 e. The molecule has 0 fully saturated rings. The van der Waals surface area contributed by atoms with Crippen LogP contribution in [0, 0.1) is 29.8 Å². The number of hydrogen-bond acceptors (Lipinski definition) is 7. The molecule has 0 saturated heterocycles. The van der Waals surface area contributed by atoms with Gasteiger partial charge in [0.05, 0.1) is 4.92 Å². The van der Waals surface area contributed by atoms with Gasteiger partial charge in [-0.1, -0.05) is 6.07 Å². The molecular formula is C12H13FN6O2. The van der Waals surface area contributed by atoms with E-state index in [0.29, 0.717) is 11.3 Å². The quantitative estimate of drug-likeness (QED) is 0.449. The van der Waals surface area contributed by atoms with Gasteiger partial charge in [-0.25, -0.2) is 15.2 Å². The van der Waals surface area contributed by atoms with E-state index < -0.39 is 10.7 Å². The van der Waals surface area contributed by atoms with E-state index in [-0.39, 0.29) is 23.1 Å². The lowest BCUT2D eigenvalue weighted by atomic mass is 10.2. The number of benzene rings is 1. The van der Waals surface area contributed by atoms with Crippen LogP contribution >= 0.6 is 0 Å². The van der Waals surface area contributed by atoms with Crippen LogP contribution in [-0.4, -0.2) is 14.9 Å². The minimum Gasteiger partial charge on any atom is -0.334 e. The minimum absolute atomic E-state index is 0.0215. The molecular weight excluding hydrogens is 279 g/mol. The molecule has 0 amide bonds. The summed E-state index contributed by atoms with van der Waals surface area (Å²) >= 11 is 0. The van der Waals surface area contributed by atoms with Gasteiger partial charge in [-0.3, -0.25) is 15.5 Å². The average molecular weight is 292 g/mol. The molecule has 0 aliphatic rings. The Morgan fingerprint density at radius 1 is 1.33 bits per heavy atom. The summed E-state index contributed by atoms with van der Waals surface area (Å²) in [4.78, 5) is 18.2. The van der Waals surface area contributed by atoms with Crippen molar-refractivity contribution in [2.75, 3.05) is 10.7 Å². The van der Waals surface area contributed by atoms with Crippen molar-refractivity contribution in [3.63, 3.8) is 0 Å². The lowest BCUT2D eigenvalue weighted by molar-refractivity contribution is -0.385. The van der Waals surface area contributed by atoms with Crippen LogP contribution in [0.5, 0.6) is 0 Å². The first kappa shape index (κ1) is 14.6. The van der Waals surface area contributed by atoms with Crippen LogP contribution in [-0.2, 0) is 0 Å². The second-order valence-electron chi connectivity index (χ2n) is 4.32. The van der Waals surface area contributed by atoms with E-state index in [4.69, 9.17) is 5.84 Å². The van der Waals surface area contributed by atoms with E-state index in [9.17, 15) is 14.5 Å². The van der Waals surface area contributed by atoms with Crippen molar-refractivity contribution in [2.24, 2.45) is 5.84 Å². The van der Waals surface area contributed by atoms with Gasteiger partial charge in [0, 0.05) is 5.69 Å². The van der Waals surface area contributed by atoms with Crippen LogP contribution in [0.25, 0.3) is 0 Å². The Labute approximate surface area is 119 Å². The number of hydrazine groups is 1. The molecule has 0 saturated carbocycles. The lowest BCUT2D eigenvalue weighted by Crippen LogP contribution is -2.13. The zero-order chi connectivity index (χ0) is 15.6. The Morgan fingerprint density at radius 2 is 2.05 bits per heavy atom. The Morgan fingerprint density at radius 3 is 2.62 bits per heavy atom. The maximum absolute atomic E-state index is 13.5. The maximum atomic E-state index is 13.5. The number of halogens is 1. The van der Waals surface area contributed by atoms with E-state index in [2.05, 4.69) is 20.7 Å². The monoisotopic (exact) mass is 292 g/mol. The van der Waals surface area contributed by atoms with Crippen molar-refractivity contribution < 1.29 is 9.31 Å². The molecule has 21 heavy (non-hydrogen) atoms. The summed E-state index contributed by atoms with van der Waals surface area (Å²) in [6, 6.07) is 4.38. The van der Waals surface area contributed by atoms with E-state index >= 15 is 0 Å². The Bertz CT molecular complexity index is 706. The van der Waals surface area contributed by atoms with Gasteiger partial charge in [-0.15, -0.1) is 0 Å². The molecule has 2 rings (SSSR count). The van der Waals surface area contributed by atoms with Crippen molar-refractivity contribution in [3.8, 4) is 0 Å². The molecule has 0 atom stereocenters. The second kappa shape index (κ2) is 5.67. The smallest absolute Gasteiger partial charge is 0.332 e. The number of nitrogens with zero attached hydrogens (tertiary/aromatic N) is 3. The summed E-state index contributed by atoms with van der Waals surface area (Å²) in [6.07, 6.45) is 0. The standard InChI is InChI=1S/C12H13FN6O2/c1-6-3-4-8(5-9(6)13)16-11-10(19(20)21)7(2)15-12(17-11)18-14/h3-5H,14H2,1-2H3,(H2,15,16,17,18). The first-order valence-corrected chi connectivity index (χ1v) is 5.95. The van der Waals surface area contributed by atoms with Crippen molar-refractivity contribution >= 4 is 23.1 Å². The average Bonchev–Trinajstić information content (AvgIpc) is 2.41. The van der Waals surface area contributed by atoms with Gasteiger partial charge in [0.15, 0.2) is 0 Å². The molecule has 110 valence electrons. The number of nitrogens with one attached hydrogen (secondary N) is 2. The highest BCUT2D eigenvalue weighted by molar-refractivity contribution is 5.68. The number of aryl methyl sites for hydroxylation is 2. The summed E-state index contributed by atoms with van der Waals surface area (Å²) in [5, 5.41) is 13.8. The molecule has 0 aliphatic heterocycles. The molecule has 1 aromatic carbocycles. The number of rotatable bonds is 4. The van der Waals surface area contributed by atoms with Gasteiger partial charge in [0.2, 0.25) is 11.8 Å². The molecule has 0 unspecified atom stereocenters. The summed E-state index contributed by atoms with van der Waals surface area (Å²) in [7, 11) is 0. The van der Waals surface area contributed by atoms with Crippen LogP contribution in [0.4, 0.5) is 27.5 Å². The van der Waals surface area contributed by atoms with Crippen LogP contribution in [0.15, 0.2) is 18.2 Å². The van der Waals surface area contributed by atoms with Gasteiger partial charge < -0.3 is 5.32 Å². The SMILES string of the molecule is Cc1ccc(Nc2nc(NN)nc(C)c2[N+](=O)[O-])cc1F. The minimum atomic E-state index is -0.609. The van der Waals surface area contributed by atoms with E-state index in [1.54, 1.807) is 19.1 Å². The zero-order valence-electron chi connectivity index (χ0n) is 11.3. The molecule has 8 nitrogen and oxygen atoms in total. The van der Waals surface area contributed by atoms with Gasteiger partial charge in [0.25, 0.3) is 0 Å². The molecule has 1 aromatic heterocycles. The predicted molar refractivity (Wildman–Crippen MR) is 75.7 cm³/mol. The second-order valence-corrected chi connectivity index (χ2v) is 4.32. The lowest BCUT2D eigenvalue weighted by Gasteiger charge is -2.10. The van der Waals surface area contributed by atoms with Crippen molar-refractivity contribution in [1.82, 2.24) is 9.97 Å². The number of hydrogen-bond donors (Lipinski definition) is 3. The summed E-state index contributed by atoms with van der Waals surface area (Å²) in [6.45, 7) is 3.08. The molecule has 4 N–H and O–H groups in total. The van der Waals surface area contributed by atoms with Crippen LogP contribution < -0.4 is 16.6 Å². The van der Waals surface area contributed by atoms with Gasteiger partial charge >= 0.3 is 5.69 Å². The number of nitrogen functional groups attached to an aromatic ring is 1. The highest BCUT2D eigenvalue weighted by Gasteiger charge is 2.22. The Hall–Kier alpha value is -2.81. The molecule has 0 radical (unpaired) electrons. The van der Waals surface area contributed by atoms with E-state index in [0.717, 1.165) is 0 Å². The summed E-state index contributed by atoms with van der Waals surface area (Å²) in [5.41, 5.74) is 2.87. The fourth-order valence-electron chi connectivity index (χ4n) is 1.74. The van der Waals surface area contributed by atoms with E-state index in [1.165, 1.54) is 13.0 Å². The fourth-order valence-corrected chi connectivity index (χ4v) is 1.74. The van der Waals surface area contributed by atoms with Crippen LogP contribution in [0.1, 0.15) is 11.3 Å². The molecule has 0 bridgehead atoms. The number of nitro groups is 1. The van der Waals surface area contributed by atoms with Crippen molar-refractivity contribution in [3.05, 3.63) is 45.4 Å².